The minimum Gasteiger partial charge on any atom is -0.325 e. The second-order valence-electron chi connectivity index (χ2n) is 7.43. The number of rotatable bonds is 7. The van der Waals surface area contributed by atoms with Crippen molar-refractivity contribution in [3.63, 3.8) is 0 Å². The van der Waals surface area contributed by atoms with Crippen molar-refractivity contribution in [1.82, 2.24) is 9.55 Å². The van der Waals surface area contributed by atoms with Crippen LogP contribution in [0.25, 0.3) is 21.3 Å². The largest absolute Gasteiger partial charge is 0.325 e. The van der Waals surface area contributed by atoms with Crippen molar-refractivity contribution < 1.29 is 4.79 Å². The number of carbonyl (C=O) groups is 1. The van der Waals surface area contributed by atoms with Crippen LogP contribution in [0.3, 0.4) is 0 Å². The smallest absolute Gasteiger partial charge is 0.263 e. The highest BCUT2D eigenvalue weighted by molar-refractivity contribution is 7.99. The van der Waals surface area contributed by atoms with Crippen LogP contribution in [-0.2, 0) is 11.3 Å². The van der Waals surface area contributed by atoms with Crippen LogP contribution in [-0.4, -0.2) is 21.2 Å². The van der Waals surface area contributed by atoms with Crippen LogP contribution in [0.15, 0.2) is 76.5 Å². The van der Waals surface area contributed by atoms with Gasteiger partial charge in [0, 0.05) is 23.2 Å². The Balaban J connectivity index is 1.61. The molecule has 0 aliphatic rings. The van der Waals surface area contributed by atoms with E-state index in [1.165, 1.54) is 28.7 Å². The molecule has 4 aromatic rings. The number of anilines is 1. The molecule has 0 spiro atoms. The lowest BCUT2D eigenvalue weighted by Gasteiger charge is -2.11. The third kappa shape index (κ3) is 4.54. The van der Waals surface area contributed by atoms with E-state index in [1.54, 1.807) is 10.6 Å². The van der Waals surface area contributed by atoms with Crippen LogP contribution in [0.1, 0.15) is 11.1 Å². The summed E-state index contributed by atoms with van der Waals surface area (Å²) in [6, 6.07) is 15.6. The van der Waals surface area contributed by atoms with Gasteiger partial charge in [0.15, 0.2) is 5.16 Å². The number of aromatic nitrogens is 2. The third-order valence-electron chi connectivity index (χ3n) is 5.18. The maximum atomic E-state index is 13.4. The summed E-state index contributed by atoms with van der Waals surface area (Å²) in [6.45, 7) is 8.15. The van der Waals surface area contributed by atoms with Crippen LogP contribution >= 0.6 is 23.1 Å². The molecule has 0 aliphatic heterocycles. The molecule has 2 aromatic heterocycles. The van der Waals surface area contributed by atoms with Gasteiger partial charge in [0.05, 0.1) is 11.1 Å². The molecule has 0 aliphatic carbocycles. The fourth-order valence-corrected chi connectivity index (χ4v) is 5.18. The molecule has 162 valence electrons. The lowest BCUT2D eigenvalue weighted by Crippen LogP contribution is -2.23. The van der Waals surface area contributed by atoms with Crippen LogP contribution in [0.2, 0.25) is 0 Å². The van der Waals surface area contributed by atoms with E-state index in [4.69, 9.17) is 4.98 Å². The molecule has 0 saturated heterocycles. The zero-order valence-corrected chi connectivity index (χ0v) is 19.6. The van der Waals surface area contributed by atoms with Crippen molar-refractivity contribution in [2.45, 2.75) is 25.5 Å². The maximum Gasteiger partial charge on any atom is 0.263 e. The Morgan fingerprint density at radius 1 is 1.19 bits per heavy atom. The maximum absolute atomic E-state index is 13.4. The first-order valence-corrected chi connectivity index (χ1v) is 12.0. The number of thiophene rings is 1. The van der Waals surface area contributed by atoms with Gasteiger partial charge in [-0.3, -0.25) is 14.2 Å². The van der Waals surface area contributed by atoms with Gasteiger partial charge in [0.1, 0.15) is 4.83 Å². The predicted molar refractivity (Wildman–Crippen MR) is 135 cm³/mol. The fraction of sp³-hybridized carbons (Fsp3) is 0.160. The first-order chi connectivity index (χ1) is 15.5. The first-order valence-electron chi connectivity index (χ1n) is 10.2. The van der Waals surface area contributed by atoms with Crippen LogP contribution < -0.4 is 10.9 Å². The number of allylic oxidation sites excluding steroid dienone is 1. The Bertz CT molecular complexity index is 1360. The Morgan fingerprint density at radius 2 is 1.97 bits per heavy atom. The number of carbonyl (C=O) groups excluding carboxylic acids is 1. The highest BCUT2D eigenvalue weighted by Gasteiger charge is 2.17. The van der Waals surface area contributed by atoms with Crippen molar-refractivity contribution in [3.8, 4) is 11.1 Å². The zero-order chi connectivity index (χ0) is 22.7. The third-order valence-corrected chi connectivity index (χ3v) is 7.03. The molecule has 1 amide bonds. The van der Waals surface area contributed by atoms with Gasteiger partial charge in [-0.25, -0.2) is 4.98 Å². The molecule has 1 N–H and O–H groups in total. The van der Waals surface area contributed by atoms with Crippen molar-refractivity contribution in [3.05, 3.63) is 88.0 Å². The van der Waals surface area contributed by atoms with Crippen LogP contribution in [0, 0.1) is 13.8 Å². The normalized spacial score (nSPS) is 10.9. The molecular formula is C25H23N3O2S2. The van der Waals surface area contributed by atoms with Crippen molar-refractivity contribution in [1.29, 1.82) is 0 Å². The van der Waals surface area contributed by atoms with E-state index in [9.17, 15) is 9.59 Å². The lowest BCUT2D eigenvalue weighted by molar-refractivity contribution is -0.113. The van der Waals surface area contributed by atoms with E-state index >= 15 is 0 Å². The SMILES string of the molecule is C=CCn1c(SCC(=O)Nc2ccc(C)c(C)c2)nc2scc(-c3ccccc3)c2c1=O. The molecule has 4 rings (SSSR count). The highest BCUT2D eigenvalue weighted by atomic mass is 32.2. The van der Waals surface area contributed by atoms with E-state index in [0.29, 0.717) is 21.9 Å². The topological polar surface area (TPSA) is 64.0 Å². The van der Waals surface area contributed by atoms with Crippen molar-refractivity contribution >= 4 is 44.9 Å². The Morgan fingerprint density at radius 3 is 2.69 bits per heavy atom. The van der Waals surface area contributed by atoms with E-state index in [2.05, 4.69) is 11.9 Å². The van der Waals surface area contributed by atoms with E-state index in [-0.39, 0.29) is 17.2 Å². The summed E-state index contributed by atoms with van der Waals surface area (Å²) in [5.41, 5.74) is 4.80. The molecular weight excluding hydrogens is 438 g/mol. The summed E-state index contributed by atoms with van der Waals surface area (Å²) in [5.74, 6) is 0.00719. The number of amides is 1. The minimum atomic E-state index is -0.145. The molecule has 32 heavy (non-hydrogen) atoms. The highest BCUT2D eigenvalue weighted by Crippen LogP contribution is 2.32. The molecule has 0 unspecified atom stereocenters. The van der Waals surface area contributed by atoms with E-state index in [0.717, 1.165) is 22.4 Å². The van der Waals surface area contributed by atoms with Crippen LogP contribution in [0.4, 0.5) is 5.69 Å². The average Bonchev–Trinajstić information content (AvgIpc) is 3.22. The number of hydrogen-bond acceptors (Lipinski definition) is 5. The number of hydrogen-bond donors (Lipinski definition) is 1. The molecule has 0 saturated carbocycles. The summed E-state index contributed by atoms with van der Waals surface area (Å²) in [6.07, 6.45) is 1.67. The zero-order valence-electron chi connectivity index (χ0n) is 17.9. The van der Waals surface area contributed by atoms with Crippen LogP contribution in [0.5, 0.6) is 0 Å². The Labute approximate surface area is 194 Å². The summed E-state index contributed by atoms with van der Waals surface area (Å²) < 4.78 is 1.59. The molecule has 0 radical (unpaired) electrons. The number of benzene rings is 2. The molecule has 0 fully saturated rings. The fourth-order valence-electron chi connectivity index (χ4n) is 3.38. The van der Waals surface area contributed by atoms with Gasteiger partial charge >= 0.3 is 0 Å². The van der Waals surface area contributed by atoms with E-state index in [1.807, 2.05) is 67.8 Å². The molecule has 5 nitrogen and oxygen atoms in total. The molecule has 0 bridgehead atoms. The first kappa shape index (κ1) is 22.0. The number of fused-ring (bicyclic) bond motifs is 1. The molecule has 7 heteroatoms. The predicted octanol–water partition coefficient (Wildman–Crippen LogP) is 5.66. The van der Waals surface area contributed by atoms with E-state index < -0.39 is 0 Å². The summed E-state index contributed by atoms with van der Waals surface area (Å²) in [4.78, 5) is 31.3. The summed E-state index contributed by atoms with van der Waals surface area (Å²) in [5, 5.41) is 6.00. The minimum absolute atomic E-state index is 0.118. The van der Waals surface area contributed by atoms with Gasteiger partial charge in [-0.2, -0.15) is 0 Å². The van der Waals surface area contributed by atoms with Gasteiger partial charge < -0.3 is 5.32 Å². The number of nitrogens with zero attached hydrogens (tertiary/aromatic N) is 2. The number of thioether (sulfide) groups is 1. The molecule has 2 aromatic carbocycles. The quantitative estimate of drug-likeness (QED) is 0.219. The van der Waals surface area contributed by atoms with Gasteiger partial charge in [-0.1, -0.05) is 54.2 Å². The second-order valence-corrected chi connectivity index (χ2v) is 9.23. The molecule has 0 atom stereocenters. The Kier molecular flexibility index (Phi) is 6.58. The monoisotopic (exact) mass is 461 g/mol. The Hall–Kier alpha value is -3.16. The van der Waals surface area contributed by atoms with Gasteiger partial charge in [-0.15, -0.1) is 17.9 Å². The average molecular weight is 462 g/mol. The number of nitrogens with one attached hydrogen (secondary N) is 1. The van der Waals surface area contributed by atoms with Gasteiger partial charge in [-0.05, 0) is 42.7 Å². The van der Waals surface area contributed by atoms with Crippen molar-refractivity contribution in [2.24, 2.45) is 0 Å². The summed E-state index contributed by atoms with van der Waals surface area (Å²) in [7, 11) is 0. The van der Waals surface area contributed by atoms with Gasteiger partial charge in [0.2, 0.25) is 5.91 Å². The number of aryl methyl sites for hydroxylation is 2. The molecule has 2 heterocycles. The standard InChI is InChI=1S/C25H23N3O2S2/c1-4-12-28-24(30)22-20(18-8-6-5-7-9-18)14-31-23(22)27-25(28)32-15-21(29)26-19-11-10-16(2)17(3)13-19/h4-11,13-14H,1,12,15H2,2-3H3,(H,26,29). The lowest BCUT2D eigenvalue weighted by atomic mass is 10.1. The second kappa shape index (κ2) is 9.54. The van der Waals surface area contributed by atoms with Crippen molar-refractivity contribution in [2.75, 3.05) is 11.1 Å². The van der Waals surface area contributed by atoms with Gasteiger partial charge in [0.25, 0.3) is 5.56 Å². The summed E-state index contributed by atoms with van der Waals surface area (Å²) >= 11 is 2.69.